The van der Waals surface area contributed by atoms with Crippen molar-refractivity contribution in [3.05, 3.63) is 63.6 Å². The molecule has 0 aliphatic rings. The van der Waals surface area contributed by atoms with E-state index < -0.39 is 16.8 Å². The lowest BCUT2D eigenvalue weighted by Crippen LogP contribution is -2.31. The van der Waals surface area contributed by atoms with Crippen LogP contribution in [0.1, 0.15) is 23.2 Å². The molecule has 1 unspecified atom stereocenters. The highest BCUT2D eigenvalue weighted by Crippen LogP contribution is 2.34. The van der Waals surface area contributed by atoms with Crippen molar-refractivity contribution in [1.29, 1.82) is 5.26 Å². The molecule has 0 saturated heterocycles. The van der Waals surface area contributed by atoms with Crippen LogP contribution in [0.25, 0.3) is 0 Å². The van der Waals surface area contributed by atoms with Crippen molar-refractivity contribution in [2.24, 2.45) is 0 Å². The fourth-order valence-electron chi connectivity index (χ4n) is 2.18. The quantitative estimate of drug-likeness (QED) is 0.655. The molecule has 0 bridgehead atoms. The van der Waals surface area contributed by atoms with Gasteiger partial charge in [-0.15, -0.1) is 0 Å². The summed E-state index contributed by atoms with van der Waals surface area (Å²) in [5, 5.41) is 38.7. The third-order valence-corrected chi connectivity index (χ3v) is 3.31. The van der Waals surface area contributed by atoms with Crippen LogP contribution in [0, 0.1) is 11.3 Å². The number of rotatable bonds is 4. The van der Waals surface area contributed by atoms with Gasteiger partial charge in [0.1, 0.15) is 5.60 Å². The van der Waals surface area contributed by atoms with Gasteiger partial charge >= 0.3 is 0 Å². The number of hydrogen-bond acceptors (Lipinski definition) is 5. The number of pyridine rings is 1. The molecule has 6 heteroatoms. The minimum absolute atomic E-state index is 0.0891. The van der Waals surface area contributed by atoms with E-state index in [0.717, 1.165) is 6.07 Å². The SMILES string of the molecule is N#Cc1ccc(C(O)(CCO)c2[nH]ccc(=O)c2O)cc1. The van der Waals surface area contributed by atoms with Crippen LogP contribution in [0.2, 0.25) is 0 Å². The molecular weight excluding hydrogens is 272 g/mol. The Morgan fingerprint density at radius 1 is 1.24 bits per heavy atom. The summed E-state index contributed by atoms with van der Waals surface area (Å²) in [6, 6.07) is 9.14. The maximum atomic E-state index is 11.5. The van der Waals surface area contributed by atoms with E-state index in [2.05, 4.69) is 4.98 Å². The third-order valence-electron chi connectivity index (χ3n) is 3.31. The summed E-state index contributed by atoms with van der Waals surface area (Å²) >= 11 is 0. The number of nitrogens with one attached hydrogen (secondary N) is 1. The fraction of sp³-hybridized carbons (Fsp3) is 0.200. The lowest BCUT2D eigenvalue weighted by atomic mass is 9.86. The molecule has 108 valence electrons. The van der Waals surface area contributed by atoms with Crippen LogP contribution >= 0.6 is 0 Å². The second-order valence-corrected chi connectivity index (χ2v) is 4.59. The first kappa shape index (κ1) is 14.8. The smallest absolute Gasteiger partial charge is 0.223 e. The van der Waals surface area contributed by atoms with Gasteiger partial charge in [0.25, 0.3) is 0 Å². The van der Waals surface area contributed by atoms with Crippen LogP contribution < -0.4 is 5.43 Å². The Bertz CT molecular complexity index is 731. The molecule has 0 saturated carbocycles. The zero-order valence-corrected chi connectivity index (χ0v) is 11.1. The van der Waals surface area contributed by atoms with E-state index in [-0.39, 0.29) is 18.7 Å². The Labute approximate surface area is 120 Å². The third kappa shape index (κ3) is 2.65. The number of nitriles is 1. The lowest BCUT2D eigenvalue weighted by Gasteiger charge is -2.28. The van der Waals surface area contributed by atoms with E-state index in [0.29, 0.717) is 11.1 Å². The zero-order valence-electron chi connectivity index (χ0n) is 11.1. The highest BCUT2D eigenvalue weighted by molar-refractivity contribution is 5.42. The predicted molar refractivity (Wildman–Crippen MR) is 74.6 cm³/mol. The largest absolute Gasteiger partial charge is 0.503 e. The van der Waals surface area contributed by atoms with Crippen LogP contribution in [0.15, 0.2) is 41.3 Å². The van der Waals surface area contributed by atoms with Gasteiger partial charge in [-0.25, -0.2) is 0 Å². The van der Waals surface area contributed by atoms with Gasteiger partial charge in [0.2, 0.25) is 5.43 Å². The maximum absolute atomic E-state index is 11.5. The van der Waals surface area contributed by atoms with Crippen molar-refractivity contribution >= 4 is 0 Å². The van der Waals surface area contributed by atoms with E-state index in [1.54, 1.807) is 0 Å². The fourth-order valence-corrected chi connectivity index (χ4v) is 2.18. The lowest BCUT2D eigenvalue weighted by molar-refractivity contribution is 0.0444. The second-order valence-electron chi connectivity index (χ2n) is 4.59. The molecule has 1 atom stereocenters. The molecule has 2 aromatic rings. The number of aromatic hydroxyl groups is 1. The van der Waals surface area contributed by atoms with Crippen LogP contribution in [-0.2, 0) is 5.60 Å². The van der Waals surface area contributed by atoms with E-state index in [9.17, 15) is 20.1 Å². The average molecular weight is 286 g/mol. The number of aromatic amines is 1. The molecule has 0 aliphatic carbocycles. The number of H-pyrrole nitrogens is 1. The number of benzene rings is 1. The van der Waals surface area contributed by atoms with Crippen LogP contribution in [0.5, 0.6) is 5.75 Å². The highest BCUT2D eigenvalue weighted by atomic mass is 16.3. The van der Waals surface area contributed by atoms with Crippen molar-refractivity contribution in [2.45, 2.75) is 12.0 Å². The molecule has 0 spiro atoms. The first-order chi connectivity index (χ1) is 10.0. The Hall–Kier alpha value is -2.62. The van der Waals surface area contributed by atoms with Crippen LogP contribution in [-0.4, -0.2) is 26.9 Å². The molecule has 21 heavy (non-hydrogen) atoms. The van der Waals surface area contributed by atoms with Gasteiger partial charge in [0.05, 0.1) is 17.3 Å². The standard InChI is InChI=1S/C15H14N2O4/c16-9-10-1-3-11(4-2-10)15(21,6-8-18)14-13(20)12(19)5-7-17-14/h1-5,7,18,20-21H,6,8H2,(H,17,19). The Balaban J connectivity index is 2.61. The Morgan fingerprint density at radius 3 is 2.48 bits per heavy atom. The van der Waals surface area contributed by atoms with Crippen molar-refractivity contribution < 1.29 is 15.3 Å². The van der Waals surface area contributed by atoms with Gasteiger partial charge in [-0.3, -0.25) is 4.79 Å². The predicted octanol–water partition coefficient (Wildman–Crippen LogP) is 0.570. The molecule has 0 radical (unpaired) electrons. The van der Waals surface area contributed by atoms with E-state index in [1.165, 1.54) is 30.5 Å². The molecule has 1 aromatic heterocycles. The summed E-state index contributed by atoms with van der Waals surface area (Å²) in [6.07, 6.45) is 1.19. The normalized spacial score (nSPS) is 13.4. The van der Waals surface area contributed by atoms with Crippen molar-refractivity contribution in [3.63, 3.8) is 0 Å². The number of aromatic nitrogens is 1. The van der Waals surface area contributed by atoms with Gasteiger partial charge in [-0.05, 0) is 17.7 Å². The zero-order chi connectivity index (χ0) is 15.5. The van der Waals surface area contributed by atoms with E-state index in [4.69, 9.17) is 5.26 Å². The van der Waals surface area contributed by atoms with Crippen molar-refractivity contribution in [3.8, 4) is 11.8 Å². The number of aliphatic hydroxyl groups is 2. The molecule has 0 fully saturated rings. The first-order valence-electron chi connectivity index (χ1n) is 6.28. The minimum atomic E-state index is -1.76. The highest BCUT2D eigenvalue weighted by Gasteiger charge is 2.35. The van der Waals surface area contributed by atoms with Crippen molar-refractivity contribution in [2.75, 3.05) is 6.61 Å². The summed E-state index contributed by atoms with van der Waals surface area (Å²) in [5.74, 6) is -0.599. The first-order valence-corrected chi connectivity index (χ1v) is 6.28. The molecule has 0 amide bonds. The van der Waals surface area contributed by atoms with Gasteiger partial charge in [0, 0.05) is 25.3 Å². The minimum Gasteiger partial charge on any atom is -0.503 e. The Kier molecular flexibility index (Phi) is 4.08. The molecule has 6 nitrogen and oxygen atoms in total. The van der Waals surface area contributed by atoms with Crippen LogP contribution in [0.4, 0.5) is 0 Å². The van der Waals surface area contributed by atoms with E-state index >= 15 is 0 Å². The topological polar surface area (TPSA) is 117 Å². The van der Waals surface area contributed by atoms with Gasteiger partial charge in [-0.1, -0.05) is 12.1 Å². The average Bonchev–Trinajstić information content (AvgIpc) is 2.50. The number of aliphatic hydroxyl groups excluding tert-OH is 1. The molecule has 4 N–H and O–H groups in total. The summed E-state index contributed by atoms with van der Waals surface area (Å²) in [7, 11) is 0. The molecule has 0 aliphatic heterocycles. The number of nitrogens with zero attached hydrogens (tertiary/aromatic N) is 1. The number of hydrogen-bond donors (Lipinski definition) is 4. The monoisotopic (exact) mass is 286 g/mol. The molecule has 2 rings (SSSR count). The van der Waals surface area contributed by atoms with Crippen LogP contribution in [0.3, 0.4) is 0 Å². The van der Waals surface area contributed by atoms with Crippen molar-refractivity contribution in [1.82, 2.24) is 4.98 Å². The van der Waals surface area contributed by atoms with Gasteiger partial charge < -0.3 is 20.3 Å². The van der Waals surface area contributed by atoms with E-state index in [1.807, 2.05) is 6.07 Å². The molecule has 1 heterocycles. The summed E-state index contributed by atoms with van der Waals surface area (Å²) in [6.45, 7) is -0.354. The second kappa shape index (κ2) is 5.79. The van der Waals surface area contributed by atoms with Gasteiger partial charge in [0.15, 0.2) is 5.75 Å². The summed E-state index contributed by atoms with van der Waals surface area (Å²) in [4.78, 5) is 14.2. The summed E-state index contributed by atoms with van der Waals surface area (Å²) in [5.41, 5.74) is -1.71. The Morgan fingerprint density at radius 2 is 1.90 bits per heavy atom. The van der Waals surface area contributed by atoms with Gasteiger partial charge in [-0.2, -0.15) is 5.26 Å². The maximum Gasteiger partial charge on any atom is 0.223 e. The molecular formula is C15H14N2O4. The molecule has 1 aromatic carbocycles. The summed E-state index contributed by atoms with van der Waals surface area (Å²) < 4.78 is 0.